The molecule has 6 N–H and O–H groups in total. The molecule has 1 aromatic heterocycles. The SMILES string of the molecule is C[C@]1(n2cc(OCc3ccccc3)c(=O)[nH]c2=O)C[C@H](O)[C@@H](COP(=O)(O)OP(=O)(O)OP(=O)(O)O)O1. The molecule has 2 unspecified atom stereocenters. The Morgan fingerprint density at radius 1 is 1.08 bits per heavy atom. The van der Waals surface area contributed by atoms with Crippen molar-refractivity contribution in [3.05, 3.63) is 62.9 Å². The van der Waals surface area contributed by atoms with Crippen LogP contribution in [-0.4, -0.2) is 53.0 Å². The lowest BCUT2D eigenvalue weighted by atomic mass is 10.1. The van der Waals surface area contributed by atoms with Gasteiger partial charge in [-0.2, -0.15) is 8.62 Å². The fourth-order valence-electron chi connectivity index (χ4n) is 3.39. The number of aromatic amines is 1. The first-order chi connectivity index (χ1) is 17.0. The maximum absolute atomic E-state index is 12.5. The molecular weight excluding hydrogens is 565 g/mol. The molecule has 0 spiro atoms. The van der Waals surface area contributed by atoms with Crippen LogP contribution in [0, 0.1) is 0 Å². The minimum absolute atomic E-state index is 0.00498. The highest BCUT2D eigenvalue weighted by Crippen LogP contribution is 2.66. The first-order valence-electron chi connectivity index (χ1n) is 10.2. The molecule has 1 saturated heterocycles. The van der Waals surface area contributed by atoms with Gasteiger partial charge in [0.05, 0.1) is 18.9 Å². The molecule has 2 heterocycles. The average Bonchev–Trinajstić information content (AvgIpc) is 3.04. The van der Waals surface area contributed by atoms with Crippen LogP contribution in [-0.2, 0) is 43.9 Å². The van der Waals surface area contributed by atoms with Crippen molar-refractivity contribution in [1.82, 2.24) is 9.55 Å². The second-order valence-electron chi connectivity index (χ2n) is 7.89. The van der Waals surface area contributed by atoms with E-state index in [1.54, 1.807) is 30.3 Å². The van der Waals surface area contributed by atoms with Crippen LogP contribution < -0.4 is 16.0 Å². The van der Waals surface area contributed by atoms with E-state index in [-0.39, 0.29) is 18.8 Å². The number of nitrogens with zero attached hydrogens (tertiary/aromatic N) is 1. The van der Waals surface area contributed by atoms with Gasteiger partial charge in [0.2, 0.25) is 5.75 Å². The first-order valence-corrected chi connectivity index (χ1v) is 14.7. The molecule has 1 fully saturated rings. The summed E-state index contributed by atoms with van der Waals surface area (Å²) in [5, 5.41) is 10.4. The number of phosphoric acid groups is 3. The standard InChI is InChI=1S/C17H23N2O15P3/c1-17(19-8-13(15(21)18-16(19)22)30-9-11-5-3-2-4-6-11)7-12(20)14(32-17)10-31-36(26,27)34-37(28,29)33-35(23,24)25/h2-6,8,12,14,20H,7,9-10H2,1H3,(H,26,27)(H,28,29)(H,18,21,22)(H2,23,24,25)/t12-,14+,17+/m0/s1. The van der Waals surface area contributed by atoms with Gasteiger partial charge in [0.15, 0.2) is 0 Å². The molecule has 0 radical (unpaired) electrons. The van der Waals surface area contributed by atoms with Crippen molar-refractivity contribution in [3.63, 3.8) is 0 Å². The van der Waals surface area contributed by atoms with Gasteiger partial charge >= 0.3 is 29.2 Å². The molecule has 0 saturated carbocycles. The summed E-state index contributed by atoms with van der Waals surface area (Å²) in [6.45, 7) is 0.433. The van der Waals surface area contributed by atoms with Gasteiger partial charge in [-0.25, -0.2) is 18.5 Å². The predicted octanol–water partition coefficient (Wildman–Crippen LogP) is 0.281. The van der Waals surface area contributed by atoms with Crippen LogP contribution in [0.2, 0.25) is 0 Å². The third kappa shape index (κ3) is 8.26. The monoisotopic (exact) mass is 588 g/mol. The predicted molar refractivity (Wildman–Crippen MR) is 121 cm³/mol. The van der Waals surface area contributed by atoms with Crippen molar-refractivity contribution >= 4 is 23.5 Å². The third-order valence-electron chi connectivity index (χ3n) is 4.90. The summed E-state index contributed by atoms with van der Waals surface area (Å²) < 4.78 is 57.8. The van der Waals surface area contributed by atoms with Crippen molar-refractivity contribution in [2.24, 2.45) is 0 Å². The number of aromatic nitrogens is 2. The Morgan fingerprint density at radius 3 is 2.35 bits per heavy atom. The molecule has 206 valence electrons. The number of rotatable bonds is 11. The molecule has 1 aliphatic rings. The fourth-order valence-corrected chi connectivity index (χ4v) is 6.42. The van der Waals surface area contributed by atoms with Gasteiger partial charge in [0.1, 0.15) is 18.4 Å². The van der Waals surface area contributed by atoms with Crippen LogP contribution in [0.5, 0.6) is 5.75 Å². The number of aliphatic hydroxyl groups is 1. The molecule has 1 aromatic carbocycles. The molecular formula is C17H23N2O15P3. The average molecular weight is 588 g/mol. The Morgan fingerprint density at radius 2 is 1.73 bits per heavy atom. The van der Waals surface area contributed by atoms with Crippen LogP contribution in [0.3, 0.4) is 0 Å². The Balaban J connectivity index is 1.71. The summed E-state index contributed by atoms with van der Waals surface area (Å²) >= 11 is 0. The molecule has 17 nitrogen and oxygen atoms in total. The molecule has 20 heteroatoms. The number of benzene rings is 1. The smallest absolute Gasteiger partial charge is 0.482 e. The minimum Gasteiger partial charge on any atom is -0.482 e. The maximum atomic E-state index is 12.5. The zero-order valence-corrected chi connectivity index (χ0v) is 21.5. The van der Waals surface area contributed by atoms with E-state index in [1.807, 2.05) is 0 Å². The molecule has 0 bridgehead atoms. The van der Waals surface area contributed by atoms with Crippen LogP contribution in [0.25, 0.3) is 0 Å². The van der Waals surface area contributed by atoms with Gasteiger partial charge < -0.3 is 34.2 Å². The third-order valence-corrected chi connectivity index (χ3v) is 8.70. The summed E-state index contributed by atoms with van der Waals surface area (Å²) in [7, 11) is -16.8. The number of aliphatic hydroxyl groups excluding tert-OH is 1. The second-order valence-corrected chi connectivity index (χ2v) is 12.3. The molecule has 1 aliphatic heterocycles. The molecule has 0 aliphatic carbocycles. The van der Waals surface area contributed by atoms with E-state index in [1.165, 1.54) is 6.92 Å². The van der Waals surface area contributed by atoms with Gasteiger partial charge in [-0.3, -0.25) is 18.9 Å². The largest absolute Gasteiger partial charge is 0.490 e. The quantitative estimate of drug-likeness (QED) is 0.193. The minimum atomic E-state index is -5.73. The van der Waals surface area contributed by atoms with Gasteiger partial charge in [0.25, 0.3) is 5.56 Å². The number of phosphoric ester groups is 1. The van der Waals surface area contributed by atoms with Gasteiger partial charge in [-0.1, -0.05) is 30.3 Å². The zero-order valence-electron chi connectivity index (χ0n) is 18.8. The zero-order chi connectivity index (χ0) is 27.6. The fraction of sp³-hybridized carbons (Fsp3) is 0.412. The Bertz CT molecular complexity index is 1370. The van der Waals surface area contributed by atoms with Crippen LogP contribution in [0.4, 0.5) is 0 Å². The van der Waals surface area contributed by atoms with E-state index in [0.29, 0.717) is 0 Å². The number of hydrogen-bond donors (Lipinski definition) is 6. The molecule has 37 heavy (non-hydrogen) atoms. The topological polar surface area (TPSA) is 253 Å². The number of nitrogens with one attached hydrogen (secondary N) is 1. The Labute approximate surface area is 207 Å². The van der Waals surface area contributed by atoms with Crippen LogP contribution in [0.15, 0.2) is 46.1 Å². The van der Waals surface area contributed by atoms with Crippen molar-refractivity contribution < 1.29 is 61.0 Å². The van der Waals surface area contributed by atoms with Gasteiger partial charge in [0, 0.05) is 6.42 Å². The maximum Gasteiger partial charge on any atom is 0.490 e. The van der Waals surface area contributed by atoms with Crippen molar-refractivity contribution in [2.45, 2.75) is 37.9 Å². The molecule has 0 amide bonds. The lowest BCUT2D eigenvalue weighted by Crippen LogP contribution is -2.42. The summed E-state index contributed by atoms with van der Waals surface area (Å²) in [5.41, 5.74) is -2.61. The normalized spacial score (nSPS) is 25.4. The van der Waals surface area contributed by atoms with E-state index < -0.39 is 59.3 Å². The van der Waals surface area contributed by atoms with E-state index in [0.717, 1.165) is 16.3 Å². The molecule has 5 atom stereocenters. The highest BCUT2D eigenvalue weighted by molar-refractivity contribution is 7.66. The Kier molecular flexibility index (Phi) is 8.82. The second kappa shape index (κ2) is 11.0. The van der Waals surface area contributed by atoms with Crippen LogP contribution >= 0.6 is 23.5 Å². The molecule has 3 rings (SSSR count). The van der Waals surface area contributed by atoms with Gasteiger partial charge in [-0.05, 0) is 12.5 Å². The highest BCUT2D eigenvalue weighted by Gasteiger charge is 2.47. The number of hydrogen-bond acceptors (Lipinski definition) is 11. The van der Waals surface area contributed by atoms with Crippen LogP contribution in [0.1, 0.15) is 18.9 Å². The van der Waals surface area contributed by atoms with E-state index in [2.05, 4.69) is 18.1 Å². The first kappa shape index (κ1) is 29.6. The van der Waals surface area contributed by atoms with Crippen molar-refractivity contribution in [1.29, 1.82) is 0 Å². The lowest BCUT2D eigenvalue weighted by Gasteiger charge is -2.27. The number of ether oxygens (including phenoxy) is 2. The summed E-state index contributed by atoms with van der Waals surface area (Å²) in [6.07, 6.45) is -2.02. The lowest BCUT2D eigenvalue weighted by molar-refractivity contribution is -0.107. The van der Waals surface area contributed by atoms with Gasteiger partial charge in [-0.15, -0.1) is 0 Å². The van der Waals surface area contributed by atoms with Crippen molar-refractivity contribution in [2.75, 3.05) is 6.61 Å². The highest BCUT2D eigenvalue weighted by atomic mass is 31.3. The summed E-state index contributed by atoms with van der Waals surface area (Å²) in [5.74, 6) is -0.237. The number of H-pyrrole nitrogens is 1. The Hall–Kier alpha value is -1.97. The van der Waals surface area contributed by atoms with E-state index >= 15 is 0 Å². The van der Waals surface area contributed by atoms with E-state index in [4.69, 9.17) is 19.3 Å². The van der Waals surface area contributed by atoms with E-state index in [9.17, 15) is 38.2 Å². The molecule has 2 aromatic rings. The van der Waals surface area contributed by atoms with Crippen molar-refractivity contribution in [3.8, 4) is 5.75 Å². The summed E-state index contributed by atoms with van der Waals surface area (Å²) in [6, 6.07) is 8.83. The summed E-state index contributed by atoms with van der Waals surface area (Å²) in [4.78, 5) is 62.7.